The predicted octanol–water partition coefficient (Wildman–Crippen LogP) is 14.7. The zero-order valence-electron chi connectivity index (χ0n) is 36.0. The summed E-state index contributed by atoms with van der Waals surface area (Å²) in [5, 5.41) is 7.64. The first-order valence-electron chi connectivity index (χ1n) is 22.6. The summed E-state index contributed by atoms with van der Waals surface area (Å²) in [6.07, 6.45) is 0. The Morgan fingerprint density at radius 3 is 1.45 bits per heavy atom. The molecular weight excluding hydrogens is 819 g/mol. The van der Waals surface area contributed by atoms with Crippen LogP contribution in [0.25, 0.3) is 128 Å². The zero-order valence-corrected chi connectivity index (χ0v) is 36.0. The van der Waals surface area contributed by atoms with Crippen LogP contribution in [0.5, 0.6) is 0 Å². The second-order valence-electron chi connectivity index (χ2n) is 17.0. The highest BCUT2D eigenvalue weighted by Crippen LogP contribution is 2.42. The molecule has 0 aliphatic carbocycles. The van der Waals surface area contributed by atoms with Crippen molar-refractivity contribution >= 4 is 76.5 Å². The van der Waals surface area contributed by atoms with Gasteiger partial charge in [0.05, 0.1) is 44.2 Å². The molecule has 0 saturated carbocycles. The fraction of sp³-hybridized carbons (Fsp3) is 0. The Kier molecular flexibility index (Phi) is 8.15. The maximum absolute atomic E-state index is 5.63. The molecule has 14 aromatic rings. The maximum Gasteiger partial charge on any atom is 0.162 e. The largest absolute Gasteiger partial charge is 0.309 e. The van der Waals surface area contributed by atoms with E-state index in [-0.39, 0.29) is 0 Å². The molecule has 67 heavy (non-hydrogen) atoms. The molecule has 0 aliphatic rings. The minimum absolute atomic E-state index is 0.645. The zero-order chi connectivity index (χ0) is 44.0. The molecule has 0 atom stereocenters. The lowest BCUT2D eigenvalue weighted by Gasteiger charge is -2.13. The van der Waals surface area contributed by atoms with Gasteiger partial charge in [0.25, 0.3) is 0 Å². The van der Waals surface area contributed by atoms with E-state index >= 15 is 0 Å². The van der Waals surface area contributed by atoms with Gasteiger partial charge in [0, 0.05) is 60.4 Å². The summed E-state index contributed by atoms with van der Waals surface area (Å²) < 4.78 is 6.93. The summed E-state index contributed by atoms with van der Waals surface area (Å²) in [5.41, 5.74) is 13.2. The van der Waals surface area contributed by atoms with E-state index in [9.17, 15) is 0 Å². The molecule has 0 N–H and O–H groups in total. The Morgan fingerprint density at radius 1 is 0.284 bits per heavy atom. The summed E-state index contributed by atoms with van der Waals surface area (Å²) in [5.74, 6) is 2.16. The molecule has 0 saturated heterocycles. The number of aromatic nitrogens is 7. The third-order valence-electron chi connectivity index (χ3n) is 13.2. The van der Waals surface area contributed by atoms with Crippen LogP contribution in [-0.2, 0) is 0 Å². The van der Waals surface area contributed by atoms with Crippen LogP contribution in [0.2, 0.25) is 0 Å². The van der Waals surface area contributed by atoms with Gasteiger partial charge < -0.3 is 4.57 Å². The standard InChI is InChI=1S/C60H37N7/c1-4-18-38(19-5-1)57-61-49-28-14-10-26-45(49)59(63-57)67-51-30-16-12-25-44(51)48-37-40(33-35-54(48)67)58-62-56(55-46-27-13-17-31-52(46)66(60(55)64-58)42-22-8-3-9-23-42)39-32-34-53-47(36-39)43-24-11-15-29-50(43)65(53)41-20-6-2-7-21-41/h1-37H. The van der Waals surface area contributed by atoms with Crippen molar-refractivity contribution in [2.24, 2.45) is 0 Å². The number of hydrogen-bond donors (Lipinski definition) is 0. The van der Waals surface area contributed by atoms with Crippen molar-refractivity contribution in [2.45, 2.75) is 0 Å². The van der Waals surface area contributed by atoms with E-state index in [1.54, 1.807) is 0 Å². The first-order valence-corrected chi connectivity index (χ1v) is 22.6. The fourth-order valence-electron chi connectivity index (χ4n) is 10.3. The van der Waals surface area contributed by atoms with Crippen LogP contribution in [0.4, 0.5) is 0 Å². The van der Waals surface area contributed by atoms with Gasteiger partial charge in [-0.1, -0.05) is 140 Å². The van der Waals surface area contributed by atoms with Gasteiger partial charge in [-0.05, 0) is 84.9 Å². The molecule has 0 aliphatic heterocycles. The molecule has 312 valence electrons. The third-order valence-corrected chi connectivity index (χ3v) is 13.2. The monoisotopic (exact) mass is 855 g/mol. The van der Waals surface area contributed by atoms with E-state index in [0.29, 0.717) is 11.6 Å². The molecule has 0 fully saturated rings. The van der Waals surface area contributed by atoms with Crippen LogP contribution in [-0.4, -0.2) is 33.6 Å². The molecule has 7 heteroatoms. The van der Waals surface area contributed by atoms with Crippen LogP contribution in [0, 0.1) is 0 Å². The summed E-state index contributed by atoms with van der Waals surface area (Å²) >= 11 is 0. The first kappa shape index (κ1) is 37.2. The van der Waals surface area contributed by atoms with Crippen LogP contribution < -0.4 is 0 Å². The third kappa shape index (κ3) is 5.71. The summed E-state index contributed by atoms with van der Waals surface area (Å²) in [7, 11) is 0. The lowest BCUT2D eigenvalue weighted by molar-refractivity contribution is 1.07. The van der Waals surface area contributed by atoms with E-state index in [1.165, 1.54) is 10.8 Å². The molecule has 5 aromatic heterocycles. The minimum Gasteiger partial charge on any atom is -0.309 e. The van der Waals surface area contributed by atoms with Crippen molar-refractivity contribution in [3.05, 3.63) is 224 Å². The number of benzene rings is 9. The van der Waals surface area contributed by atoms with Crippen LogP contribution in [0.15, 0.2) is 224 Å². The van der Waals surface area contributed by atoms with Gasteiger partial charge in [-0.25, -0.2) is 19.9 Å². The highest BCUT2D eigenvalue weighted by molar-refractivity contribution is 6.17. The molecule has 0 amide bonds. The summed E-state index contributed by atoms with van der Waals surface area (Å²) in [6.45, 7) is 0. The highest BCUT2D eigenvalue weighted by Gasteiger charge is 2.24. The number of rotatable bonds is 6. The van der Waals surface area contributed by atoms with E-state index in [4.69, 9.17) is 19.9 Å². The van der Waals surface area contributed by atoms with Crippen molar-refractivity contribution in [3.8, 4) is 51.2 Å². The molecule has 0 spiro atoms. The van der Waals surface area contributed by atoms with Gasteiger partial charge in [0.15, 0.2) is 11.6 Å². The first-order chi connectivity index (χ1) is 33.2. The van der Waals surface area contributed by atoms with Crippen LogP contribution >= 0.6 is 0 Å². The van der Waals surface area contributed by atoms with Crippen LogP contribution in [0.1, 0.15) is 0 Å². The Bertz CT molecular complexity index is 4260. The highest BCUT2D eigenvalue weighted by atomic mass is 15.1. The smallest absolute Gasteiger partial charge is 0.162 e. The topological polar surface area (TPSA) is 66.3 Å². The van der Waals surface area contributed by atoms with Crippen molar-refractivity contribution in [2.75, 3.05) is 0 Å². The maximum atomic E-state index is 5.63. The number of para-hydroxylation sites is 6. The number of fused-ring (bicyclic) bond motifs is 10. The SMILES string of the molecule is c1ccc(-c2nc(-n3c4ccccc4c4cc(-c5nc(-c6ccc7c(c6)c6ccccc6n7-c6ccccc6)c6c7ccccc7n(-c7ccccc7)c6n5)ccc43)c3ccccc3n2)cc1. The number of hydrogen-bond acceptors (Lipinski definition) is 4. The van der Waals surface area contributed by atoms with Gasteiger partial charge in [-0.3, -0.25) is 9.13 Å². The molecule has 0 radical (unpaired) electrons. The Labute approximate surface area is 384 Å². The second-order valence-corrected chi connectivity index (χ2v) is 17.0. The Morgan fingerprint density at radius 2 is 0.761 bits per heavy atom. The van der Waals surface area contributed by atoms with E-state index in [2.05, 4.69) is 214 Å². The van der Waals surface area contributed by atoms with Gasteiger partial charge in [-0.15, -0.1) is 0 Å². The van der Waals surface area contributed by atoms with Crippen LogP contribution in [0.3, 0.4) is 0 Å². The van der Waals surface area contributed by atoms with Gasteiger partial charge in [0.2, 0.25) is 0 Å². The average Bonchev–Trinajstić information content (AvgIpc) is 4.04. The number of nitrogens with zero attached hydrogens (tertiary/aromatic N) is 7. The molecule has 0 unspecified atom stereocenters. The average molecular weight is 856 g/mol. The van der Waals surface area contributed by atoms with Crippen molar-refractivity contribution < 1.29 is 0 Å². The van der Waals surface area contributed by atoms with Crippen molar-refractivity contribution in [3.63, 3.8) is 0 Å². The fourth-order valence-corrected chi connectivity index (χ4v) is 10.3. The molecule has 14 rings (SSSR count). The van der Waals surface area contributed by atoms with Gasteiger partial charge in [-0.2, -0.15) is 0 Å². The second kappa shape index (κ2) is 14.7. The van der Waals surface area contributed by atoms with Gasteiger partial charge >= 0.3 is 0 Å². The summed E-state index contributed by atoms with van der Waals surface area (Å²) in [4.78, 5) is 21.5. The molecule has 7 nitrogen and oxygen atoms in total. The Hall–Kier alpha value is -9.20. The Balaban J connectivity index is 1.04. The molecular formula is C60H37N7. The van der Waals surface area contributed by atoms with Crippen molar-refractivity contribution in [1.29, 1.82) is 0 Å². The normalized spacial score (nSPS) is 11.9. The molecule has 9 aromatic carbocycles. The predicted molar refractivity (Wildman–Crippen MR) is 274 cm³/mol. The van der Waals surface area contributed by atoms with Gasteiger partial charge in [0.1, 0.15) is 11.5 Å². The quantitative estimate of drug-likeness (QED) is 0.167. The molecule has 5 heterocycles. The lowest BCUT2D eigenvalue weighted by Crippen LogP contribution is -2.02. The lowest BCUT2D eigenvalue weighted by atomic mass is 10.0. The molecule has 0 bridgehead atoms. The van der Waals surface area contributed by atoms with E-state index < -0.39 is 0 Å². The minimum atomic E-state index is 0.645. The van der Waals surface area contributed by atoms with E-state index in [0.717, 1.165) is 105 Å². The van der Waals surface area contributed by atoms with Crippen molar-refractivity contribution in [1.82, 2.24) is 33.6 Å². The van der Waals surface area contributed by atoms with E-state index in [1.807, 2.05) is 24.3 Å². The summed E-state index contributed by atoms with van der Waals surface area (Å²) in [6, 6.07) is 78.9.